The largest absolute Gasteiger partial charge is 0.482 e. The number of rotatable bonds is 5. The Kier molecular flexibility index (Phi) is 4.17. The molecular formula is C15H19F2NO2. The second-order valence-electron chi connectivity index (χ2n) is 5.50. The monoisotopic (exact) mass is 283 g/mol. The summed E-state index contributed by atoms with van der Waals surface area (Å²) in [5.74, 6) is -1.55. The van der Waals surface area contributed by atoms with Gasteiger partial charge in [0.25, 0.3) is 0 Å². The van der Waals surface area contributed by atoms with Gasteiger partial charge in [-0.1, -0.05) is 0 Å². The molecule has 0 bridgehead atoms. The third-order valence-electron chi connectivity index (χ3n) is 3.63. The molecule has 0 amide bonds. The quantitative estimate of drug-likeness (QED) is 0.901. The van der Waals surface area contributed by atoms with Crippen LogP contribution < -0.4 is 10.1 Å². The van der Waals surface area contributed by atoms with Crippen molar-refractivity contribution in [2.75, 3.05) is 13.2 Å². The molecule has 0 radical (unpaired) electrons. The van der Waals surface area contributed by atoms with Crippen molar-refractivity contribution in [2.24, 2.45) is 0 Å². The first-order valence-electron chi connectivity index (χ1n) is 7.18. The van der Waals surface area contributed by atoms with E-state index in [-0.39, 0.29) is 11.9 Å². The molecule has 1 aromatic carbocycles. The molecule has 1 heterocycles. The van der Waals surface area contributed by atoms with Crippen molar-refractivity contribution in [1.29, 1.82) is 0 Å². The lowest BCUT2D eigenvalue weighted by atomic mass is 10.1. The Hall–Kier alpha value is -1.20. The molecule has 110 valence electrons. The van der Waals surface area contributed by atoms with E-state index in [0.29, 0.717) is 31.4 Å². The van der Waals surface area contributed by atoms with Gasteiger partial charge in [0, 0.05) is 19.2 Å². The van der Waals surface area contributed by atoms with Crippen LogP contribution in [-0.2, 0) is 11.3 Å². The normalized spacial score (nSPS) is 22.8. The van der Waals surface area contributed by atoms with Crippen LogP contribution in [0.1, 0.15) is 31.2 Å². The first-order valence-corrected chi connectivity index (χ1v) is 7.18. The van der Waals surface area contributed by atoms with Crippen LogP contribution >= 0.6 is 0 Å². The van der Waals surface area contributed by atoms with E-state index in [1.807, 2.05) is 0 Å². The standard InChI is InChI=1S/C15H19F2NO2/c16-13-6-10(8-18-11-3-4-11)7-14(17)15(13)20-12-2-1-5-19-9-12/h6-7,11-12,18H,1-5,8-9H2. The van der Waals surface area contributed by atoms with Gasteiger partial charge in [-0.15, -0.1) is 0 Å². The summed E-state index contributed by atoms with van der Waals surface area (Å²) in [4.78, 5) is 0. The summed E-state index contributed by atoms with van der Waals surface area (Å²) in [6.45, 7) is 1.58. The van der Waals surface area contributed by atoms with Gasteiger partial charge in [-0.3, -0.25) is 0 Å². The highest BCUT2D eigenvalue weighted by Gasteiger charge is 2.22. The second-order valence-corrected chi connectivity index (χ2v) is 5.50. The number of hydrogen-bond donors (Lipinski definition) is 1. The molecule has 1 N–H and O–H groups in total. The highest BCUT2D eigenvalue weighted by Crippen LogP contribution is 2.27. The maximum absolute atomic E-state index is 14.0. The van der Waals surface area contributed by atoms with Gasteiger partial charge in [0.05, 0.1) is 6.61 Å². The van der Waals surface area contributed by atoms with E-state index in [2.05, 4.69) is 5.32 Å². The van der Waals surface area contributed by atoms with Crippen molar-refractivity contribution >= 4 is 0 Å². The third kappa shape index (κ3) is 3.46. The Balaban J connectivity index is 1.66. The van der Waals surface area contributed by atoms with Gasteiger partial charge in [-0.2, -0.15) is 0 Å². The van der Waals surface area contributed by atoms with Crippen molar-refractivity contribution < 1.29 is 18.3 Å². The topological polar surface area (TPSA) is 30.5 Å². The summed E-state index contributed by atoms with van der Waals surface area (Å²) in [7, 11) is 0. The second kappa shape index (κ2) is 6.06. The summed E-state index contributed by atoms with van der Waals surface area (Å²) < 4.78 is 38.6. The lowest BCUT2D eigenvalue weighted by Gasteiger charge is -2.23. The number of nitrogens with one attached hydrogen (secondary N) is 1. The van der Waals surface area contributed by atoms with E-state index in [4.69, 9.17) is 9.47 Å². The molecule has 2 aliphatic rings. The molecule has 1 atom stereocenters. The Labute approximate surface area is 117 Å². The van der Waals surface area contributed by atoms with E-state index in [1.54, 1.807) is 0 Å². The SMILES string of the molecule is Fc1cc(CNC2CC2)cc(F)c1OC1CCCOC1. The van der Waals surface area contributed by atoms with Crippen molar-refractivity contribution in [3.8, 4) is 5.75 Å². The maximum Gasteiger partial charge on any atom is 0.191 e. The van der Waals surface area contributed by atoms with Crippen LogP contribution in [0, 0.1) is 11.6 Å². The van der Waals surface area contributed by atoms with Crippen LogP contribution in [-0.4, -0.2) is 25.4 Å². The molecule has 3 nitrogen and oxygen atoms in total. The zero-order chi connectivity index (χ0) is 13.9. The Morgan fingerprint density at radius 1 is 1.20 bits per heavy atom. The minimum absolute atomic E-state index is 0.261. The molecule has 0 spiro atoms. The molecule has 3 rings (SSSR count). The minimum Gasteiger partial charge on any atom is -0.482 e. The molecule has 1 aliphatic carbocycles. The van der Waals surface area contributed by atoms with Crippen molar-refractivity contribution in [2.45, 2.75) is 44.4 Å². The number of benzene rings is 1. The average molecular weight is 283 g/mol. The molecular weight excluding hydrogens is 264 g/mol. The van der Waals surface area contributed by atoms with Crippen LogP contribution in [0.2, 0.25) is 0 Å². The van der Waals surface area contributed by atoms with Gasteiger partial charge in [0.15, 0.2) is 17.4 Å². The smallest absolute Gasteiger partial charge is 0.191 e. The van der Waals surface area contributed by atoms with Gasteiger partial charge in [0.1, 0.15) is 6.10 Å². The van der Waals surface area contributed by atoms with Crippen molar-refractivity contribution in [3.05, 3.63) is 29.3 Å². The van der Waals surface area contributed by atoms with Gasteiger partial charge in [-0.05, 0) is 43.4 Å². The van der Waals surface area contributed by atoms with E-state index in [1.165, 1.54) is 12.1 Å². The fourth-order valence-electron chi connectivity index (χ4n) is 2.35. The van der Waals surface area contributed by atoms with Gasteiger partial charge >= 0.3 is 0 Å². The summed E-state index contributed by atoms with van der Waals surface area (Å²) in [6.07, 6.45) is 3.66. The lowest BCUT2D eigenvalue weighted by Crippen LogP contribution is -2.28. The number of ether oxygens (including phenoxy) is 2. The highest BCUT2D eigenvalue weighted by atomic mass is 19.1. The molecule has 1 aliphatic heterocycles. The zero-order valence-electron chi connectivity index (χ0n) is 11.3. The minimum atomic E-state index is -0.636. The first kappa shape index (κ1) is 13.8. The maximum atomic E-state index is 14.0. The molecule has 5 heteroatoms. The predicted octanol–water partition coefficient (Wildman–Crippen LogP) is 2.77. The van der Waals surface area contributed by atoms with Crippen LogP contribution in [0.3, 0.4) is 0 Å². The Morgan fingerprint density at radius 3 is 2.55 bits per heavy atom. The molecule has 1 unspecified atom stereocenters. The fourth-order valence-corrected chi connectivity index (χ4v) is 2.35. The predicted molar refractivity (Wildman–Crippen MR) is 70.7 cm³/mol. The Bertz CT molecular complexity index is 448. The van der Waals surface area contributed by atoms with Crippen molar-refractivity contribution in [3.63, 3.8) is 0 Å². The van der Waals surface area contributed by atoms with Gasteiger partial charge < -0.3 is 14.8 Å². The first-order chi connectivity index (χ1) is 9.72. The zero-order valence-corrected chi connectivity index (χ0v) is 11.3. The van der Waals surface area contributed by atoms with Gasteiger partial charge in [0.2, 0.25) is 0 Å². The van der Waals surface area contributed by atoms with E-state index < -0.39 is 11.6 Å². The fraction of sp³-hybridized carbons (Fsp3) is 0.600. The molecule has 1 aromatic rings. The molecule has 2 fully saturated rings. The number of hydrogen-bond acceptors (Lipinski definition) is 3. The van der Waals surface area contributed by atoms with E-state index in [9.17, 15) is 8.78 Å². The highest BCUT2D eigenvalue weighted by molar-refractivity contribution is 5.31. The summed E-state index contributed by atoms with van der Waals surface area (Å²) in [5, 5.41) is 3.23. The molecule has 20 heavy (non-hydrogen) atoms. The summed E-state index contributed by atoms with van der Waals surface area (Å²) >= 11 is 0. The average Bonchev–Trinajstić information content (AvgIpc) is 3.26. The van der Waals surface area contributed by atoms with Crippen LogP contribution in [0.15, 0.2) is 12.1 Å². The van der Waals surface area contributed by atoms with Crippen molar-refractivity contribution in [1.82, 2.24) is 5.32 Å². The summed E-state index contributed by atoms with van der Waals surface area (Å²) in [5.41, 5.74) is 0.610. The third-order valence-corrected chi connectivity index (χ3v) is 3.63. The molecule has 1 saturated carbocycles. The Morgan fingerprint density at radius 2 is 1.95 bits per heavy atom. The number of halogens is 2. The summed E-state index contributed by atoms with van der Waals surface area (Å²) in [6, 6.07) is 3.20. The van der Waals surface area contributed by atoms with Crippen LogP contribution in [0.5, 0.6) is 5.75 Å². The van der Waals surface area contributed by atoms with Crippen LogP contribution in [0.4, 0.5) is 8.78 Å². The van der Waals surface area contributed by atoms with Gasteiger partial charge in [-0.25, -0.2) is 8.78 Å². The molecule has 0 aromatic heterocycles. The van der Waals surface area contributed by atoms with E-state index in [0.717, 1.165) is 25.7 Å². The molecule has 1 saturated heterocycles. The van der Waals surface area contributed by atoms with E-state index >= 15 is 0 Å². The lowest BCUT2D eigenvalue weighted by molar-refractivity contribution is 0.00418. The van der Waals surface area contributed by atoms with Crippen LogP contribution in [0.25, 0.3) is 0 Å².